The largest absolute Gasteiger partial charge is 0.508 e. The predicted octanol–water partition coefficient (Wildman–Crippen LogP) is 5.39. The molecule has 226 valence electrons. The Morgan fingerprint density at radius 2 is 1.61 bits per heavy atom. The third-order valence-electron chi connectivity index (χ3n) is 8.81. The number of carbonyl (C=O) groups is 3. The molecule has 2 saturated heterocycles. The molecule has 0 saturated carbocycles. The molecule has 0 spiro atoms. The Kier molecular flexibility index (Phi) is 8.24. The number of nitrogens with zero attached hydrogens (tertiary/aromatic N) is 3. The lowest BCUT2D eigenvalue weighted by molar-refractivity contribution is -0.167. The molecular formula is C36H38N4O4. The first-order valence-electron chi connectivity index (χ1n) is 15.3. The molecule has 2 N–H and O–H groups in total. The first-order chi connectivity index (χ1) is 21.3. The summed E-state index contributed by atoms with van der Waals surface area (Å²) in [7, 11) is 0. The molecule has 2 aliphatic rings. The van der Waals surface area contributed by atoms with Crippen molar-refractivity contribution in [1.29, 1.82) is 0 Å². The molecular weight excluding hydrogens is 552 g/mol. The number of amides is 4. The van der Waals surface area contributed by atoms with Gasteiger partial charge in [-0.25, -0.2) is 4.79 Å². The van der Waals surface area contributed by atoms with E-state index in [1.54, 1.807) is 39.0 Å². The minimum atomic E-state index is -0.778. The van der Waals surface area contributed by atoms with Crippen LogP contribution in [0.15, 0.2) is 91.0 Å². The molecule has 0 aliphatic carbocycles. The van der Waals surface area contributed by atoms with Crippen LogP contribution in [-0.2, 0) is 29.1 Å². The monoisotopic (exact) mass is 590 g/mol. The Bertz CT molecular complexity index is 1660. The standard InChI is InChI=1S/C36H38N4O4/c1-24(2)27-14-10-26(11-15-27)21-37-36(44)39-19-18-34(42)40-32(20-25-12-16-30(41)17-13-25)35(43)38(23-33(39)40)22-29-8-5-7-28-6-3-4-9-31(28)29/h3-17,24,32-33,41H,18-23H2,1-2H3,(H,37,44). The molecule has 4 aromatic carbocycles. The van der Waals surface area contributed by atoms with Gasteiger partial charge in [-0.2, -0.15) is 0 Å². The number of hydrogen-bond donors (Lipinski definition) is 2. The van der Waals surface area contributed by atoms with Crippen LogP contribution >= 0.6 is 0 Å². The molecule has 8 nitrogen and oxygen atoms in total. The van der Waals surface area contributed by atoms with Crippen molar-refractivity contribution in [2.75, 3.05) is 13.1 Å². The Balaban J connectivity index is 1.28. The van der Waals surface area contributed by atoms with E-state index in [1.165, 1.54) is 5.56 Å². The van der Waals surface area contributed by atoms with Gasteiger partial charge in [-0.3, -0.25) is 9.59 Å². The smallest absolute Gasteiger partial charge is 0.319 e. The van der Waals surface area contributed by atoms with Gasteiger partial charge in [0, 0.05) is 32.5 Å². The lowest BCUT2D eigenvalue weighted by Crippen LogP contribution is -2.72. The lowest BCUT2D eigenvalue weighted by atomic mass is 9.96. The van der Waals surface area contributed by atoms with Crippen LogP contribution in [-0.4, -0.2) is 62.9 Å². The van der Waals surface area contributed by atoms with Crippen LogP contribution in [0.1, 0.15) is 48.4 Å². The van der Waals surface area contributed by atoms with E-state index in [0.717, 1.165) is 27.5 Å². The maximum absolute atomic E-state index is 14.2. The first kappa shape index (κ1) is 29.2. The number of aromatic hydroxyl groups is 1. The Morgan fingerprint density at radius 1 is 0.909 bits per heavy atom. The van der Waals surface area contributed by atoms with Gasteiger partial charge in [0.1, 0.15) is 18.0 Å². The molecule has 0 radical (unpaired) electrons. The van der Waals surface area contributed by atoms with E-state index in [1.807, 2.05) is 36.4 Å². The van der Waals surface area contributed by atoms with Gasteiger partial charge in [-0.1, -0.05) is 92.7 Å². The van der Waals surface area contributed by atoms with Crippen LogP contribution in [0.25, 0.3) is 10.8 Å². The fraction of sp³-hybridized carbons (Fsp3) is 0.306. The van der Waals surface area contributed by atoms with Crippen LogP contribution in [0, 0.1) is 0 Å². The van der Waals surface area contributed by atoms with Crippen LogP contribution in [0.2, 0.25) is 0 Å². The minimum Gasteiger partial charge on any atom is -0.508 e. The topological polar surface area (TPSA) is 93.2 Å². The molecule has 6 rings (SSSR count). The molecule has 2 aliphatic heterocycles. The molecule has 2 unspecified atom stereocenters. The van der Waals surface area contributed by atoms with Gasteiger partial charge in [0.25, 0.3) is 0 Å². The molecule has 0 aromatic heterocycles. The maximum atomic E-state index is 14.2. The van der Waals surface area contributed by atoms with Crippen molar-refractivity contribution in [2.24, 2.45) is 0 Å². The van der Waals surface area contributed by atoms with Crippen LogP contribution in [0.5, 0.6) is 5.75 Å². The number of phenolic OH excluding ortho intramolecular Hbond substituents is 1. The maximum Gasteiger partial charge on any atom is 0.319 e. The Hall–Kier alpha value is -4.85. The highest BCUT2D eigenvalue weighted by atomic mass is 16.3. The summed E-state index contributed by atoms with van der Waals surface area (Å²) in [5, 5.41) is 15.0. The minimum absolute atomic E-state index is 0.134. The lowest BCUT2D eigenvalue weighted by Gasteiger charge is -2.52. The third-order valence-corrected chi connectivity index (χ3v) is 8.81. The number of hydrogen-bond acceptors (Lipinski definition) is 4. The number of rotatable bonds is 7. The van der Waals surface area contributed by atoms with E-state index in [0.29, 0.717) is 19.0 Å². The van der Waals surface area contributed by atoms with Gasteiger partial charge in [0.15, 0.2) is 0 Å². The third kappa shape index (κ3) is 5.97. The van der Waals surface area contributed by atoms with Crippen LogP contribution in [0.3, 0.4) is 0 Å². The molecule has 2 atom stereocenters. The van der Waals surface area contributed by atoms with Crippen molar-refractivity contribution in [3.63, 3.8) is 0 Å². The van der Waals surface area contributed by atoms with Crippen LogP contribution < -0.4 is 5.32 Å². The second-order valence-corrected chi connectivity index (χ2v) is 12.0. The summed E-state index contributed by atoms with van der Waals surface area (Å²) in [5.41, 5.74) is 4.07. The zero-order valence-corrected chi connectivity index (χ0v) is 25.1. The molecule has 44 heavy (non-hydrogen) atoms. The van der Waals surface area contributed by atoms with Crippen molar-refractivity contribution in [1.82, 2.24) is 20.0 Å². The molecule has 2 heterocycles. The molecule has 0 bridgehead atoms. The second-order valence-electron chi connectivity index (χ2n) is 12.0. The number of fused-ring (bicyclic) bond motifs is 2. The van der Waals surface area contributed by atoms with Gasteiger partial charge < -0.3 is 25.1 Å². The van der Waals surface area contributed by atoms with E-state index in [-0.39, 0.29) is 49.5 Å². The number of phenols is 1. The van der Waals surface area contributed by atoms with Crippen molar-refractivity contribution in [2.45, 2.75) is 57.9 Å². The van der Waals surface area contributed by atoms with Crippen molar-refractivity contribution < 1.29 is 19.5 Å². The summed E-state index contributed by atoms with van der Waals surface area (Å²) < 4.78 is 0. The first-order valence-corrected chi connectivity index (χ1v) is 15.3. The zero-order valence-electron chi connectivity index (χ0n) is 25.1. The summed E-state index contributed by atoms with van der Waals surface area (Å²) in [5.74, 6) is 0.277. The van der Waals surface area contributed by atoms with Gasteiger partial charge >= 0.3 is 6.03 Å². The van der Waals surface area contributed by atoms with E-state index in [9.17, 15) is 19.5 Å². The van der Waals surface area contributed by atoms with E-state index in [2.05, 4.69) is 49.5 Å². The van der Waals surface area contributed by atoms with E-state index >= 15 is 0 Å². The molecule has 2 fully saturated rings. The average Bonchev–Trinajstić information content (AvgIpc) is 3.03. The second kappa shape index (κ2) is 12.4. The summed E-state index contributed by atoms with van der Waals surface area (Å²) >= 11 is 0. The normalized spacial score (nSPS) is 18.6. The van der Waals surface area contributed by atoms with Crippen LogP contribution in [0.4, 0.5) is 4.79 Å². The number of urea groups is 1. The van der Waals surface area contributed by atoms with Gasteiger partial charge in [-0.05, 0) is 51.1 Å². The number of piperazine rings is 1. The number of carbonyl (C=O) groups excluding carboxylic acids is 3. The van der Waals surface area contributed by atoms with Crippen molar-refractivity contribution in [3.8, 4) is 5.75 Å². The summed E-state index contributed by atoms with van der Waals surface area (Å²) in [4.78, 5) is 46.4. The summed E-state index contributed by atoms with van der Waals surface area (Å²) in [6.45, 7) is 5.52. The molecule has 8 heteroatoms. The Morgan fingerprint density at radius 3 is 2.36 bits per heavy atom. The molecule has 4 amide bonds. The highest BCUT2D eigenvalue weighted by Crippen LogP contribution is 2.30. The van der Waals surface area contributed by atoms with E-state index < -0.39 is 12.2 Å². The van der Waals surface area contributed by atoms with Crippen molar-refractivity contribution >= 4 is 28.6 Å². The highest BCUT2D eigenvalue weighted by molar-refractivity contribution is 5.92. The highest BCUT2D eigenvalue weighted by Gasteiger charge is 2.48. The summed E-state index contributed by atoms with van der Waals surface area (Å²) in [6.07, 6.45) is -0.171. The predicted molar refractivity (Wildman–Crippen MR) is 170 cm³/mol. The number of benzene rings is 4. The quantitative estimate of drug-likeness (QED) is 0.302. The van der Waals surface area contributed by atoms with E-state index in [4.69, 9.17) is 0 Å². The SMILES string of the molecule is CC(C)c1ccc(CNC(=O)N2CCC(=O)N3C(Cc4ccc(O)cc4)C(=O)N(Cc4cccc5ccccc45)CC23)cc1. The van der Waals surface area contributed by atoms with Gasteiger partial charge in [-0.15, -0.1) is 0 Å². The average molecular weight is 591 g/mol. The Labute approximate surface area is 257 Å². The molecule has 4 aromatic rings. The fourth-order valence-corrected chi connectivity index (χ4v) is 6.35. The number of nitrogens with one attached hydrogen (secondary N) is 1. The van der Waals surface area contributed by atoms with Gasteiger partial charge in [0.05, 0.1) is 6.54 Å². The fourth-order valence-electron chi connectivity index (χ4n) is 6.35. The van der Waals surface area contributed by atoms with Crippen molar-refractivity contribution in [3.05, 3.63) is 113 Å². The summed E-state index contributed by atoms with van der Waals surface area (Å²) in [6, 6.07) is 28.0. The van der Waals surface area contributed by atoms with Gasteiger partial charge in [0.2, 0.25) is 11.8 Å². The zero-order chi connectivity index (χ0) is 30.8.